The molecular weight excluding hydrogens is 169 g/mol. The Morgan fingerprint density at radius 3 is 2.85 bits per heavy atom. The highest BCUT2D eigenvalue weighted by molar-refractivity contribution is 5.82. The molecule has 1 heterocycles. The highest BCUT2D eigenvalue weighted by Gasteiger charge is 2.03. The van der Waals surface area contributed by atoms with Crippen molar-refractivity contribution in [3.8, 4) is 0 Å². The van der Waals surface area contributed by atoms with Crippen molar-refractivity contribution in [1.82, 2.24) is 4.98 Å². The van der Waals surface area contributed by atoms with Crippen LogP contribution < -0.4 is 5.56 Å². The van der Waals surface area contributed by atoms with E-state index < -0.39 is 0 Å². The number of aromatic amines is 1. The summed E-state index contributed by atoms with van der Waals surface area (Å²) >= 11 is 0. The summed E-state index contributed by atoms with van der Waals surface area (Å²) in [6, 6.07) is 6.12. The van der Waals surface area contributed by atoms with Crippen molar-refractivity contribution in [3.05, 3.63) is 46.1 Å². The molecule has 1 aromatic carbocycles. The maximum absolute atomic E-state index is 13.2. The Kier molecular flexibility index (Phi) is 1.65. The van der Waals surface area contributed by atoms with Crippen LogP contribution in [0.2, 0.25) is 0 Å². The van der Waals surface area contributed by atoms with E-state index in [0.717, 1.165) is 0 Å². The summed E-state index contributed by atoms with van der Waals surface area (Å²) in [5, 5.41) is 0.773. The first-order valence-corrected chi connectivity index (χ1v) is 3.96. The highest BCUT2D eigenvalue weighted by atomic mass is 19.1. The number of hydrogen-bond acceptors (Lipinski definition) is 1. The third-order valence-electron chi connectivity index (χ3n) is 1.97. The van der Waals surface area contributed by atoms with Crippen molar-refractivity contribution >= 4 is 10.8 Å². The Balaban J connectivity index is 3.03. The average molecular weight is 177 g/mol. The van der Waals surface area contributed by atoms with Gasteiger partial charge in [-0.05, 0) is 25.1 Å². The lowest BCUT2D eigenvalue weighted by molar-refractivity contribution is 0.639. The number of aromatic nitrogens is 1. The van der Waals surface area contributed by atoms with E-state index in [1.54, 1.807) is 19.1 Å². The second-order valence-corrected chi connectivity index (χ2v) is 2.98. The first-order valence-electron chi connectivity index (χ1n) is 3.96. The van der Waals surface area contributed by atoms with Gasteiger partial charge in [-0.25, -0.2) is 4.39 Å². The fourth-order valence-corrected chi connectivity index (χ4v) is 1.38. The fraction of sp³-hybridized carbons (Fsp3) is 0.100. The second kappa shape index (κ2) is 2.69. The van der Waals surface area contributed by atoms with Crippen LogP contribution >= 0.6 is 0 Å². The molecule has 0 amide bonds. The molecule has 2 nitrogen and oxygen atoms in total. The molecule has 1 N–H and O–H groups in total. The molecule has 0 bridgehead atoms. The Morgan fingerprint density at radius 2 is 2.08 bits per heavy atom. The van der Waals surface area contributed by atoms with Crippen LogP contribution in [0.3, 0.4) is 0 Å². The monoisotopic (exact) mass is 177 g/mol. The Morgan fingerprint density at radius 1 is 1.31 bits per heavy atom. The van der Waals surface area contributed by atoms with Crippen LogP contribution in [-0.2, 0) is 0 Å². The van der Waals surface area contributed by atoms with E-state index in [9.17, 15) is 9.18 Å². The molecule has 0 fully saturated rings. The highest BCUT2D eigenvalue weighted by Crippen LogP contribution is 2.13. The number of halogens is 1. The topological polar surface area (TPSA) is 32.9 Å². The van der Waals surface area contributed by atoms with E-state index in [0.29, 0.717) is 16.5 Å². The van der Waals surface area contributed by atoms with Crippen molar-refractivity contribution in [1.29, 1.82) is 0 Å². The van der Waals surface area contributed by atoms with E-state index in [2.05, 4.69) is 4.98 Å². The molecule has 1 aromatic heterocycles. The molecule has 0 saturated carbocycles. The number of H-pyrrole nitrogens is 1. The van der Waals surface area contributed by atoms with Crippen molar-refractivity contribution in [2.75, 3.05) is 0 Å². The molecule has 2 rings (SSSR count). The van der Waals surface area contributed by atoms with Gasteiger partial charge in [-0.1, -0.05) is 6.07 Å². The van der Waals surface area contributed by atoms with Crippen LogP contribution in [0.25, 0.3) is 10.8 Å². The van der Waals surface area contributed by atoms with Crippen LogP contribution in [0.1, 0.15) is 5.69 Å². The summed E-state index contributed by atoms with van der Waals surface area (Å²) < 4.78 is 13.2. The normalized spacial score (nSPS) is 10.6. The number of rotatable bonds is 0. The van der Waals surface area contributed by atoms with E-state index in [1.807, 2.05) is 0 Å². The largest absolute Gasteiger partial charge is 0.326 e. The van der Waals surface area contributed by atoms with E-state index in [1.165, 1.54) is 12.1 Å². The van der Waals surface area contributed by atoms with Gasteiger partial charge in [-0.3, -0.25) is 4.79 Å². The number of fused-ring (bicyclic) bond motifs is 1. The third kappa shape index (κ3) is 1.22. The smallest absolute Gasteiger partial charge is 0.256 e. The zero-order chi connectivity index (χ0) is 9.42. The predicted molar refractivity (Wildman–Crippen MR) is 49.3 cm³/mol. The molecule has 0 spiro atoms. The van der Waals surface area contributed by atoms with Crippen LogP contribution in [0.4, 0.5) is 4.39 Å². The quantitative estimate of drug-likeness (QED) is 0.655. The first-order chi connectivity index (χ1) is 6.18. The van der Waals surface area contributed by atoms with Gasteiger partial charge in [0.25, 0.3) is 5.56 Å². The van der Waals surface area contributed by atoms with Gasteiger partial charge in [-0.2, -0.15) is 0 Å². The molecular formula is C10H8FNO. The van der Waals surface area contributed by atoms with Gasteiger partial charge in [0.2, 0.25) is 0 Å². The molecule has 13 heavy (non-hydrogen) atoms. The number of aryl methyl sites for hydroxylation is 1. The minimum absolute atomic E-state index is 0.241. The van der Waals surface area contributed by atoms with Gasteiger partial charge in [0.15, 0.2) is 0 Å². The summed E-state index contributed by atoms with van der Waals surface area (Å²) in [4.78, 5) is 13.9. The zero-order valence-electron chi connectivity index (χ0n) is 7.10. The number of pyridine rings is 1. The first kappa shape index (κ1) is 7.98. The van der Waals surface area contributed by atoms with Crippen molar-refractivity contribution in [2.45, 2.75) is 6.92 Å². The lowest BCUT2D eigenvalue weighted by atomic mass is 10.1. The molecule has 0 aliphatic rings. The molecule has 0 unspecified atom stereocenters. The standard InChI is InChI=1S/C10H8FNO/c1-6-5-8-7(10(13)12-6)3-2-4-9(8)11/h2-5H,1H3,(H,12,13). The minimum atomic E-state index is -0.355. The number of hydrogen-bond donors (Lipinski definition) is 1. The van der Waals surface area contributed by atoms with Crippen LogP contribution in [-0.4, -0.2) is 4.98 Å². The van der Waals surface area contributed by atoms with Crippen molar-refractivity contribution in [3.63, 3.8) is 0 Å². The summed E-state index contributed by atoms with van der Waals surface area (Å²) in [5.74, 6) is -0.355. The maximum atomic E-state index is 13.2. The molecule has 3 heteroatoms. The number of benzene rings is 1. The van der Waals surface area contributed by atoms with Crippen LogP contribution in [0.5, 0.6) is 0 Å². The van der Waals surface area contributed by atoms with E-state index in [-0.39, 0.29) is 11.4 Å². The second-order valence-electron chi connectivity index (χ2n) is 2.98. The van der Waals surface area contributed by atoms with Gasteiger partial charge in [-0.15, -0.1) is 0 Å². The summed E-state index contributed by atoms with van der Waals surface area (Å²) in [7, 11) is 0. The molecule has 2 aromatic rings. The SMILES string of the molecule is Cc1cc2c(F)cccc2c(=O)[nH]1. The van der Waals surface area contributed by atoms with Crippen LogP contribution in [0, 0.1) is 12.7 Å². The third-order valence-corrected chi connectivity index (χ3v) is 1.97. The molecule has 0 aliphatic carbocycles. The van der Waals surface area contributed by atoms with Gasteiger partial charge < -0.3 is 4.98 Å². The Labute approximate surface area is 74.0 Å². The Hall–Kier alpha value is -1.64. The molecule has 0 aliphatic heterocycles. The Bertz CT molecular complexity index is 516. The van der Waals surface area contributed by atoms with Crippen molar-refractivity contribution < 1.29 is 4.39 Å². The van der Waals surface area contributed by atoms with E-state index >= 15 is 0 Å². The lowest BCUT2D eigenvalue weighted by Gasteiger charge is -1.99. The predicted octanol–water partition coefficient (Wildman–Crippen LogP) is 1.98. The van der Waals surface area contributed by atoms with Gasteiger partial charge in [0.05, 0.1) is 0 Å². The minimum Gasteiger partial charge on any atom is -0.326 e. The molecule has 66 valence electrons. The zero-order valence-corrected chi connectivity index (χ0v) is 7.10. The van der Waals surface area contributed by atoms with E-state index in [4.69, 9.17) is 0 Å². The summed E-state index contributed by atoms with van der Waals surface area (Å²) in [5.41, 5.74) is 0.428. The number of nitrogens with one attached hydrogen (secondary N) is 1. The molecule has 0 atom stereocenters. The average Bonchev–Trinajstić information content (AvgIpc) is 2.07. The lowest BCUT2D eigenvalue weighted by Crippen LogP contribution is -2.07. The fourth-order valence-electron chi connectivity index (χ4n) is 1.38. The van der Waals surface area contributed by atoms with Gasteiger partial charge in [0.1, 0.15) is 5.82 Å². The summed E-state index contributed by atoms with van der Waals surface area (Å²) in [6.45, 7) is 1.73. The van der Waals surface area contributed by atoms with Crippen LogP contribution in [0.15, 0.2) is 29.1 Å². The summed E-state index contributed by atoms with van der Waals surface area (Å²) in [6.07, 6.45) is 0. The van der Waals surface area contributed by atoms with Gasteiger partial charge in [0, 0.05) is 16.5 Å². The maximum Gasteiger partial charge on any atom is 0.256 e. The molecule has 0 saturated heterocycles. The van der Waals surface area contributed by atoms with Gasteiger partial charge >= 0.3 is 0 Å². The molecule has 0 radical (unpaired) electrons. The van der Waals surface area contributed by atoms with Crippen molar-refractivity contribution in [2.24, 2.45) is 0 Å².